The predicted molar refractivity (Wildman–Crippen MR) is 75.7 cm³/mol. The molecule has 0 saturated carbocycles. The van der Waals surface area contributed by atoms with E-state index >= 15 is 0 Å². The van der Waals surface area contributed by atoms with Crippen LogP contribution in [-0.4, -0.2) is 12.2 Å². The Labute approximate surface area is 124 Å². The minimum absolute atomic E-state index is 0.120. The third-order valence-electron chi connectivity index (χ3n) is 2.91. The number of rotatable bonds is 4. The van der Waals surface area contributed by atoms with Gasteiger partial charge < -0.3 is 9.84 Å². The first-order chi connectivity index (χ1) is 9.49. The molecule has 2 aromatic carbocycles. The smallest absolute Gasteiger partial charge is 0.165 e. The van der Waals surface area contributed by atoms with Crippen molar-refractivity contribution in [2.45, 2.75) is 12.5 Å². The fourth-order valence-corrected chi connectivity index (χ4v) is 2.47. The summed E-state index contributed by atoms with van der Waals surface area (Å²) in [6, 6.07) is 8.65. The molecule has 0 saturated heterocycles. The van der Waals surface area contributed by atoms with Gasteiger partial charge in [-0.3, -0.25) is 0 Å². The lowest BCUT2D eigenvalue weighted by atomic mass is 10.0. The lowest BCUT2D eigenvalue weighted by molar-refractivity contribution is 0.177. The van der Waals surface area contributed by atoms with Crippen molar-refractivity contribution in [1.82, 2.24) is 0 Å². The summed E-state index contributed by atoms with van der Waals surface area (Å²) < 4.78 is 32.2. The Morgan fingerprint density at radius 3 is 2.55 bits per heavy atom. The number of ether oxygens (including phenoxy) is 1. The second kappa shape index (κ2) is 6.33. The van der Waals surface area contributed by atoms with Crippen molar-refractivity contribution in [3.8, 4) is 5.75 Å². The Balaban J connectivity index is 2.19. The van der Waals surface area contributed by atoms with Gasteiger partial charge in [-0.2, -0.15) is 0 Å². The van der Waals surface area contributed by atoms with E-state index in [2.05, 4.69) is 15.9 Å². The molecule has 0 aliphatic heterocycles. The maximum absolute atomic E-state index is 13.6. The van der Waals surface area contributed by atoms with Gasteiger partial charge in [-0.25, -0.2) is 8.78 Å². The highest BCUT2D eigenvalue weighted by atomic mass is 79.9. The number of hydrogen-bond acceptors (Lipinski definition) is 2. The molecule has 2 nitrogen and oxygen atoms in total. The molecule has 106 valence electrons. The van der Waals surface area contributed by atoms with Gasteiger partial charge in [-0.05, 0) is 41.5 Å². The van der Waals surface area contributed by atoms with Crippen LogP contribution in [0.2, 0.25) is 0 Å². The molecule has 2 aromatic rings. The molecule has 0 aliphatic rings. The van der Waals surface area contributed by atoms with Crippen LogP contribution in [0.4, 0.5) is 8.78 Å². The summed E-state index contributed by atoms with van der Waals surface area (Å²) in [4.78, 5) is 0. The van der Waals surface area contributed by atoms with Crippen LogP contribution in [0, 0.1) is 11.6 Å². The summed E-state index contributed by atoms with van der Waals surface area (Å²) in [6.45, 7) is 0. The van der Waals surface area contributed by atoms with Crippen LogP contribution in [0.5, 0.6) is 5.75 Å². The van der Waals surface area contributed by atoms with Gasteiger partial charge in [-0.1, -0.05) is 22.0 Å². The third kappa shape index (κ3) is 3.55. The van der Waals surface area contributed by atoms with Gasteiger partial charge in [0.1, 0.15) is 5.82 Å². The zero-order chi connectivity index (χ0) is 14.7. The average molecular weight is 343 g/mol. The van der Waals surface area contributed by atoms with Gasteiger partial charge in [0.2, 0.25) is 0 Å². The Morgan fingerprint density at radius 1 is 1.20 bits per heavy atom. The molecule has 0 aromatic heterocycles. The van der Waals surface area contributed by atoms with E-state index in [1.807, 2.05) is 0 Å². The van der Waals surface area contributed by atoms with Gasteiger partial charge in [-0.15, -0.1) is 0 Å². The van der Waals surface area contributed by atoms with Crippen LogP contribution in [-0.2, 0) is 6.42 Å². The Hall–Kier alpha value is -1.46. The minimum Gasteiger partial charge on any atom is -0.494 e. The normalized spacial score (nSPS) is 12.2. The molecular formula is C15H13BrF2O2. The number of halogens is 3. The first kappa shape index (κ1) is 14.9. The topological polar surface area (TPSA) is 29.5 Å². The Bertz CT molecular complexity index is 597. The van der Waals surface area contributed by atoms with Crippen LogP contribution in [0.25, 0.3) is 0 Å². The summed E-state index contributed by atoms with van der Waals surface area (Å²) in [7, 11) is 1.37. The second-order valence-electron chi connectivity index (χ2n) is 4.39. The van der Waals surface area contributed by atoms with Crippen LogP contribution in [0.3, 0.4) is 0 Å². The van der Waals surface area contributed by atoms with Gasteiger partial charge in [0, 0.05) is 10.9 Å². The van der Waals surface area contributed by atoms with E-state index in [4.69, 9.17) is 4.74 Å². The van der Waals surface area contributed by atoms with E-state index in [1.165, 1.54) is 31.4 Å². The van der Waals surface area contributed by atoms with Gasteiger partial charge in [0.15, 0.2) is 11.6 Å². The SMILES string of the molecule is COc1ccc(C(O)Cc2cc(F)cc(Br)c2)cc1F. The van der Waals surface area contributed by atoms with Crippen LogP contribution < -0.4 is 4.74 Å². The van der Waals surface area contributed by atoms with Crippen LogP contribution in [0.1, 0.15) is 17.2 Å². The first-order valence-corrected chi connectivity index (χ1v) is 6.75. The van der Waals surface area contributed by atoms with Crippen molar-refractivity contribution in [3.63, 3.8) is 0 Å². The number of aliphatic hydroxyl groups excluding tert-OH is 1. The van der Waals surface area contributed by atoms with Crippen molar-refractivity contribution in [2.24, 2.45) is 0 Å². The zero-order valence-corrected chi connectivity index (χ0v) is 12.3. The summed E-state index contributed by atoms with van der Waals surface area (Å²) in [5.41, 5.74) is 1.05. The fraction of sp³-hybridized carbons (Fsp3) is 0.200. The van der Waals surface area contributed by atoms with Crippen molar-refractivity contribution in [2.75, 3.05) is 7.11 Å². The molecule has 0 spiro atoms. The monoisotopic (exact) mass is 342 g/mol. The maximum Gasteiger partial charge on any atom is 0.165 e. The molecule has 0 aliphatic carbocycles. The number of benzene rings is 2. The fourth-order valence-electron chi connectivity index (χ4n) is 1.96. The Morgan fingerprint density at radius 2 is 1.95 bits per heavy atom. The van der Waals surface area contributed by atoms with Crippen molar-refractivity contribution in [1.29, 1.82) is 0 Å². The third-order valence-corrected chi connectivity index (χ3v) is 3.37. The highest BCUT2D eigenvalue weighted by Gasteiger charge is 2.13. The second-order valence-corrected chi connectivity index (χ2v) is 5.31. The standard InChI is InChI=1S/C15H13BrF2O2/c1-20-15-3-2-10(7-13(15)18)14(19)6-9-4-11(16)8-12(17)5-9/h2-5,7-8,14,19H,6H2,1H3. The molecular weight excluding hydrogens is 330 g/mol. The van der Waals surface area contributed by atoms with E-state index in [9.17, 15) is 13.9 Å². The molecule has 0 radical (unpaired) electrons. The van der Waals surface area contributed by atoms with Crippen LogP contribution >= 0.6 is 15.9 Å². The molecule has 20 heavy (non-hydrogen) atoms. The molecule has 1 unspecified atom stereocenters. The summed E-state index contributed by atoms with van der Waals surface area (Å²) in [5, 5.41) is 10.1. The van der Waals surface area contributed by atoms with E-state index in [0.29, 0.717) is 15.6 Å². The molecule has 0 bridgehead atoms. The lowest BCUT2D eigenvalue weighted by Crippen LogP contribution is -2.03. The van der Waals surface area contributed by atoms with Gasteiger partial charge >= 0.3 is 0 Å². The largest absolute Gasteiger partial charge is 0.494 e. The maximum atomic E-state index is 13.6. The minimum atomic E-state index is -0.913. The van der Waals surface area contributed by atoms with E-state index in [1.54, 1.807) is 12.1 Å². The molecule has 2 rings (SSSR count). The first-order valence-electron chi connectivity index (χ1n) is 5.96. The molecule has 5 heteroatoms. The number of methoxy groups -OCH3 is 1. The summed E-state index contributed by atoms with van der Waals surface area (Å²) in [5.74, 6) is -0.804. The van der Waals surface area contributed by atoms with Gasteiger partial charge in [0.25, 0.3) is 0 Å². The highest BCUT2D eigenvalue weighted by molar-refractivity contribution is 9.10. The summed E-state index contributed by atoms with van der Waals surface area (Å²) in [6.07, 6.45) is -0.716. The Kier molecular flexibility index (Phi) is 4.73. The molecule has 0 fully saturated rings. The number of hydrogen-bond donors (Lipinski definition) is 1. The lowest BCUT2D eigenvalue weighted by Gasteiger charge is -2.13. The molecule has 1 N–H and O–H groups in total. The van der Waals surface area contributed by atoms with Crippen molar-refractivity contribution < 1.29 is 18.6 Å². The molecule has 1 atom stereocenters. The quantitative estimate of drug-likeness (QED) is 0.909. The van der Waals surface area contributed by atoms with Crippen molar-refractivity contribution in [3.05, 3.63) is 63.6 Å². The zero-order valence-electron chi connectivity index (χ0n) is 10.7. The van der Waals surface area contributed by atoms with Crippen molar-refractivity contribution >= 4 is 15.9 Å². The van der Waals surface area contributed by atoms with E-state index in [-0.39, 0.29) is 18.0 Å². The van der Waals surface area contributed by atoms with E-state index in [0.717, 1.165) is 0 Å². The highest BCUT2D eigenvalue weighted by Crippen LogP contribution is 2.25. The van der Waals surface area contributed by atoms with E-state index < -0.39 is 11.9 Å². The average Bonchev–Trinajstić information content (AvgIpc) is 2.37. The van der Waals surface area contributed by atoms with Gasteiger partial charge in [0.05, 0.1) is 13.2 Å². The molecule has 0 amide bonds. The predicted octanol–water partition coefficient (Wildman–Crippen LogP) is 4.01. The number of aliphatic hydroxyl groups is 1. The van der Waals surface area contributed by atoms with Crippen LogP contribution in [0.15, 0.2) is 40.9 Å². The molecule has 0 heterocycles. The summed E-state index contributed by atoms with van der Waals surface area (Å²) >= 11 is 3.19.